The van der Waals surface area contributed by atoms with Crippen molar-refractivity contribution < 1.29 is 23.9 Å². The molecule has 2 heterocycles. The molecular weight excluding hydrogens is 510 g/mol. The molecule has 3 fully saturated rings. The van der Waals surface area contributed by atoms with Crippen LogP contribution in [0.5, 0.6) is 11.5 Å². The Kier molecular flexibility index (Phi) is 8.74. The highest BCUT2D eigenvalue weighted by atomic mass is 16.5. The van der Waals surface area contributed by atoms with Crippen LogP contribution in [0.2, 0.25) is 0 Å². The summed E-state index contributed by atoms with van der Waals surface area (Å²) in [6.07, 6.45) is 3.49. The van der Waals surface area contributed by atoms with Gasteiger partial charge in [-0.05, 0) is 68.6 Å². The molecular formula is C30H39N5O5. The third-order valence-electron chi connectivity index (χ3n) is 7.83. The number of methoxy groups -OCH3 is 2. The van der Waals surface area contributed by atoms with Crippen LogP contribution in [-0.2, 0) is 4.79 Å². The van der Waals surface area contributed by atoms with Gasteiger partial charge < -0.3 is 34.8 Å². The summed E-state index contributed by atoms with van der Waals surface area (Å²) in [4.78, 5) is 45.4. The van der Waals surface area contributed by atoms with Gasteiger partial charge in [0.2, 0.25) is 5.91 Å². The average Bonchev–Trinajstić information content (AvgIpc) is 3.85. The van der Waals surface area contributed by atoms with Gasteiger partial charge in [0.1, 0.15) is 0 Å². The number of carbonyl (C=O) groups excluding carboxylic acids is 3. The van der Waals surface area contributed by atoms with Crippen LogP contribution in [0.1, 0.15) is 46.4 Å². The first kappa shape index (κ1) is 27.8. The zero-order valence-electron chi connectivity index (χ0n) is 23.4. The van der Waals surface area contributed by atoms with E-state index >= 15 is 0 Å². The molecule has 0 spiro atoms. The van der Waals surface area contributed by atoms with Crippen molar-refractivity contribution in [2.24, 2.45) is 5.92 Å². The van der Waals surface area contributed by atoms with Crippen LogP contribution in [0.25, 0.3) is 0 Å². The van der Waals surface area contributed by atoms with Crippen LogP contribution in [0.15, 0.2) is 36.4 Å². The summed E-state index contributed by atoms with van der Waals surface area (Å²) < 4.78 is 10.7. The summed E-state index contributed by atoms with van der Waals surface area (Å²) in [6.45, 7) is 5.56. The molecule has 2 aromatic carbocycles. The Morgan fingerprint density at radius 3 is 2.23 bits per heavy atom. The second-order valence-corrected chi connectivity index (χ2v) is 10.6. The van der Waals surface area contributed by atoms with Crippen LogP contribution in [-0.4, -0.2) is 94.1 Å². The first-order chi connectivity index (χ1) is 19.5. The van der Waals surface area contributed by atoms with Gasteiger partial charge in [-0.15, -0.1) is 0 Å². The predicted octanol–water partition coefficient (Wildman–Crippen LogP) is 2.84. The lowest BCUT2D eigenvalue weighted by molar-refractivity contribution is -0.117. The number of carbonyl (C=O) groups is 3. The maximum absolute atomic E-state index is 13.4. The zero-order valence-corrected chi connectivity index (χ0v) is 23.4. The molecule has 0 radical (unpaired) electrons. The number of amides is 3. The van der Waals surface area contributed by atoms with Gasteiger partial charge in [-0.2, -0.15) is 0 Å². The standard InChI is InChI=1S/C30H39N5O5/c1-39-26-10-8-23(20-27(26)40-2)30(38)35-15-4-14-33(17-18-35)25-9-7-22(19-24(25)32-28(36)21-5-6-21)29(37)34-13-3-11-31-12-16-34/h7-10,19-21,31H,3-6,11-18H2,1-2H3,(H,32,36). The van der Waals surface area contributed by atoms with Gasteiger partial charge in [0.15, 0.2) is 11.5 Å². The summed E-state index contributed by atoms with van der Waals surface area (Å²) in [5.41, 5.74) is 2.67. The molecule has 0 bridgehead atoms. The summed E-state index contributed by atoms with van der Waals surface area (Å²) in [5, 5.41) is 6.45. The van der Waals surface area contributed by atoms with Crippen molar-refractivity contribution in [1.82, 2.24) is 15.1 Å². The van der Waals surface area contributed by atoms with Gasteiger partial charge in [0.05, 0.1) is 25.6 Å². The molecule has 5 rings (SSSR count). The number of rotatable bonds is 7. The van der Waals surface area contributed by atoms with E-state index in [0.717, 1.165) is 51.0 Å². The number of nitrogens with zero attached hydrogens (tertiary/aromatic N) is 3. The molecule has 3 amide bonds. The van der Waals surface area contributed by atoms with E-state index in [-0.39, 0.29) is 23.6 Å². The molecule has 2 aromatic rings. The zero-order chi connectivity index (χ0) is 28.1. The van der Waals surface area contributed by atoms with E-state index in [1.807, 2.05) is 28.0 Å². The Labute approximate surface area is 235 Å². The largest absolute Gasteiger partial charge is 0.493 e. The number of ether oxygens (including phenoxy) is 2. The van der Waals surface area contributed by atoms with Gasteiger partial charge >= 0.3 is 0 Å². The minimum absolute atomic E-state index is 0.00454. The van der Waals surface area contributed by atoms with Crippen molar-refractivity contribution >= 4 is 29.1 Å². The Bertz CT molecular complexity index is 1240. The van der Waals surface area contributed by atoms with Gasteiger partial charge in [-0.3, -0.25) is 14.4 Å². The monoisotopic (exact) mass is 549 g/mol. The van der Waals surface area contributed by atoms with Crippen LogP contribution in [0.4, 0.5) is 11.4 Å². The normalized spacial score (nSPS) is 18.0. The van der Waals surface area contributed by atoms with Crippen molar-refractivity contribution in [2.75, 3.05) is 76.8 Å². The predicted molar refractivity (Wildman–Crippen MR) is 153 cm³/mol. The minimum Gasteiger partial charge on any atom is -0.493 e. The molecule has 2 aliphatic heterocycles. The van der Waals surface area contributed by atoms with Gasteiger partial charge in [0, 0.05) is 62.9 Å². The van der Waals surface area contributed by atoms with E-state index in [1.54, 1.807) is 32.4 Å². The molecule has 10 nitrogen and oxygen atoms in total. The fourth-order valence-corrected chi connectivity index (χ4v) is 5.37. The fraction of sp³-hybridized carbons (Fsp3) is 0.500. The second kappa shape index (κ2) is 12.6. The van der Waals surface area contributed by atoms with E-state index in [1.165, 1.54) is 0 Å². The summed E-state index contributed by atoms with van der Waals surface area (Å²) in [7, 11) is 3.12. The summed E-state index contributed by atoms with van der Waals surface area (Å²) in [6, 6.07) is 10.8. The van der Waals surface area contributed by atoms with Crippen LogP contribution < -0.4 is 25.0 Å². The van der Waals surface area contributed by atoms with Gasteiger partial charge in [-0.1, -0.05) is 0 Å². The van der Waals surface area contributed by atoms with Crippen LogP contribution in [0, 0.1) is 5.92 Å². The molecule has 3 aliphatic rings. The molecule has 1 aliphatic carbocycles. The van der Waals surface area contributed by atoms with E-state index in [2.05, 4.69) is 15.5 Å². The number of anilines is 2. The third-order valence-corrected chi connectivity index (χ3v) is 7.83. The smallest absolute Gasteiger partial charge is 0.254 e. The first-order valence-corrected chi connectivity index (χ1v) is 14.2. The average molecular weight is 550 g/mol. The highest BCUT2D eigenvalue weighted by Gasteiger charge is 2.31. The highest BCUT2D eigenvalue weighted by Crippen LogP contribution is 2.34. The lowest BCUT2D eigenvalue weighted by Crippen LogP contribution is -2.35. The van der Waals surface area contributed by atoms with E-state index in [9.17, 15) is 14.4 Å². The Morgan fingerprint density at radius 1 is 0.775 bits per heavy atom. The molecule has 10 heteroatoms. The molecule has 0 aromatic heterocycles. The van der Waals surface area contributed by atoms with E-state index < -0.39 is 0 Å². The number of hydrogen-bond acceptors (Lipinski definition) is 7. The Hall–Kier alpha value is -3.79. The molecule has 0 atom stereocenters. The van der Waals surface area contributed by atoms with E-state index in [0.29, 0.717) is 61.0 Å². The van der Waals surface area contributed by atoms with E-state index in [4.69, 9.17) is 9.47 Å². The quantitative estimate of drug-likeness (QED) is 0.548. The molecule has 2 saturated heterocycles. The number of nitrogens with one attached hydrogen (secondary N) is 2. The third kappa shape index (κ3) is 6.33. The van der Waals surface area contributed by atoms with Crippen LogP contribution in [0.3, 0.4) is 0 Å². The maximum atomic E-state index is 13.4. The SMILES string of the molecule is COc1ccc(C(=O)N2CCCN(c3ccc(C(=O)N4CCCNCC4)cc3NC(=O)C3CC3)CC2)cc1OC. The van der Waals surface area contributed by atoms with Crippen molar-refractivity contribution in [2.45, 2.75) is 25.7 Å². The molecule has 214 valence electrons. The van der Waals surface area contributed by atoms with Crippen molar-refractivity contribution in [1.29, 1.82) is 0 Å². The van der Waals surface area contributed by atoms with Crippen molar-refractivity contribution in [3.05, 3.63) is 47.5 Å². The molecule has 1 saturated carbocycles. The summed E-state index contributed by atoms with van der Waals surface area (Å²) in [5.74, 6) is 1.08. The van der Waals surface area contributed by atoms with Crippen molar-refractivity contribution in [3.8, 4) is 11.5 Å². The maximum Gasteiger partial charge on any atom is 0.254 e. The molecule has 2 N–H and O–H groups in total. The summed E-state index contributed by atoms with van der Waals surface area (Å²) >= 11 is 0. The minimum atomic E-state index is -0.0575. The number of hydrogen-bond donors (Lipinski definition) is 2. The van der Waals surface area contributed by atoms with Gasteiger partial charge in [-0.25, -0.2) is 0 Å². The first-order valence-electron chi connectivity index (χ1n) is 14.2. The highest BCUT2D eigenvalue weighted by molar-refractivity contribution is 6.01. The fourth-order valence-electron chi connectivity index (χ4n) is 5.37. The van der Waals surface area contributed by atoms with Crippen LogP contribution >= 0.6 is 0 Å². The number of benzene rings is 2. The lowest BCUT2D eigenvalue weighted by atomic mass is 10.1. The molecule has 0 unspecified atom stereocenters. The molecule has 40 heavy (non-hydrogen) atoms. The lowest BCUT2D eigenvalue weighted by Gasteiger charge is -2.27. The second-order valence-electron chi connectivity index (χ2n) is 10.6. The van der Waals surface area contributed by atoms with Crippen molar-refractivity contribution in [3.63, 3.8) is 0 Å². The Morgan fingerprint density at radius 2 is 1.48 bits per heavy atom. The van der Waals surface area contributed by atoms with Gasteiger partial charge in [0.25, 0.3) is 11.8 Å². The topological polar surface area (TPSA) is 103 Å². The Balaban J connectivity index is 1.33.